The highest BCUT2D eigenvalue weighted by Crippen LogP contribution is 2.35. The molecule has 2 aromatic rings. The number of fused-ring (bicyclic) bond motifs is 1. The van der Waals surface area contributed by atoms with Crippen molar-refractivity contribution in [3.05, 3.63) is 23.6 Å². The number of thiazole rings is 1. The van der Waals surface area contributed by atoms with Crippen molar-refractivity contribution >= 4 is 22.4 Å². The van der Waals surface area contributed by atoms with Crippen molar-refractivity contribution in [2.45, 2.75) is 38.2 Å². The van der Waals surface area contributed by atoms with Crippen LogP contribution in [-0.2, 0) is 9.53 Å². The zero-order valence-electron chi connectivity index (χ0n) is 14.5. The maximum absolute atomic E-state index is 12.1. The van der Waals surface area contributed by atoms with Gasteiger partial charge in [0.2, 0.25) is 0 Å². The summed E-state index contributed by atoms with van der Waals surface area (Å²) in [6, 6.07) is 5.75. The standard InChI is InChI=1S/C19H22N2O4S/c22-18(11-25-14-4-2-1-3-5-14)21-19-20-15(12-26-19)13-6-7-16-17(10-13)24-9-8-23-16/h6-7,10,12,14H,1-5,8-9,11H2,(H,20,21,22). The van der Waals surface area contributed by atoms with Gasteiger partial charge in [-0.3, -0.25) is 10.1 Å². The van der Waals surface area contributed by atoms with E-state index in [1.807, 2.05) is 23.6 Å². The molecule has 1 saturated carbocycles. The number of hydrogen-bond donors (Lipinski definition) is 1. The summed E-state index contributed by atoms with van der Waals surface area (Å²) in [5.41, 5.74) is 1.74. The minimum Gasteiger partial charge on any atom is -0.486 e. The van der Waals surface area contributed by atoms with Gasteiger partial charge in [0, 0.05) is 10.9 Å². The monoisotopic (exact) mass is 374 g/mol. The predicted molar refractivity (Wildman–Crippen MR) is 100.0 cm³/mol. The lowest BCUT2D eigenvalue weighted by molar-refractivity contribution is -0.123. The lowest BCUT2D eigenvalue weighted by Crippen LogP contribution is -2.24. The Morgan fingerprint density at radius 2 is 2.00 bits per heavy atom. The van der Waals surface area contributed by atoms with E-state index in [0.717, 1.165) is 35.6 Å². The summed E-state index contributed by atoms with van der Waals surface area (Å²) >= 11 is 1.40. The maximum Gasteiger partial charge on any atom is 0.252 e. The summed E-state index contributed by atoms with van der Waals surface area (Å²) < 4.78 is 16.9. The van der Waals surface area contributed by atoms with Crippen molar-refractivity contribution in [1.29, 1.82) is 0 Å². The number of rotatable bonds is 5. The van der Waals surface area contributed by atoms with Crippen molar-refractivity contribution in [3.63, 3.8) is 0 Å². The molecule has 26 heavy (non-hydrogen) atoms. The van der Waals surface area contributed by atoms with Crippen LogP contribution in [0.4, 0.5) is 5.13 Å². The van der Waals surface area contributed by atoms with E-state index in [9.17, 15) is 4.79 Å². The van der Waals surface area contributed by atoms with Crippen LogP contribution in [0.15, 0.2) is 23.6 Å². The van der Waals surface area contributed by atoms with E-state index in [1.165, 1.54) is 30.6 Å². The number of aromatic nitrogens is 1. The summed E-state index contributed by atoms with van der Waals surface area (Å²) in [7, 11) is 0. The van der Waals surface area contributed by atoms with E-state index in [1.54, 1.807) is 0 Å². The number of nitrogens with one attached hydrogen (secondary N) is 1. The summed E-state index contributed by atoms with van der Waals surface area (Å²) in [4.78, 5) is 16.6. The molecule has 1 aromatic heterocycles. The fraction of sp³-hybridized carbons (Fsp3) is 0.474. The minimum absolute atomic E-state index is 0.0869. The van der Waals surface area contributed by atoms with Gasteiger partial charge in [-0.1, -0.05) is 19.3 Å². The van der Waals surface area contributed by atoms with Gasteiger partial charge in [0.25, 0.3) is 5.91 Å². The van der Waals surface area contributed by atoms with Crippen LogP contribution >= 0.6 is 11.3 Å². The number of ether oxygens (including phenoxy) is 3. The first-order valence-electron chi connectivity index (χ1n) is 9.05. The average molecular weight is 374 g/mol. The normalized spacial score (nSPS) is 17.1. The van der Waals surface area contributed by atoms with Gasteiger partial charge in [-0.25, -0.2) is 4.98 Å². The molecule has 0 saturated heterocycles. The van der Waals surface area contributed by atoms with Gasteiger partial charge in [-0.05, 0) is 31.0 Å². The summed E-state index contributed by atoms with van der Waals surface area (Å²) in [5.74, 6) is 1.33. The molecule has 1 aromatic carbocycles. The van der Waals surface area contributed by atoms with Crippen molar-refractivity contribution in [2.75, 3.05) is 25.1 Å². The smallest absolute Gasteiger partial charge is 0.252 e. The molecule has 1 fully saturated rings. The first kappa shape index (κ1) is 17.3. The molecule has 0 unspecified atom stereocenters. The summed E-state index contributed by atoms with van der Waals surface area (Å²) in [5, 5.41) is 5.32. The number of anilines is 1. The third kappa shape index (κ3) is 4.16. The van der Waals surface area contributed by atoms with Crippen LogP contribution in [0.2, 0.25) is 0 Å². The lowest BCUT2D eigenvalue weighted by Gasteiger charge is -2.21. The molecule has 0 bridgehead atoms. The Bertz CT molecular complexity index is 771. The Kier molecular flexibility index (Phi) is 5.36. The number of amides is 1. The number of carbonyl (C=O) groups is 1. The van der Waals surface area contributed by atoms with Gasteiger partial charge in [0.15, 0.2) is 16.6 Å². The topological polar surface area (TPSA) is 69.7 Å². The number of nitrogens with zero attached hydrogens (tertiary/aromatic N) is 1. The lowest BCUT2D eigenvalue weighted by atomic mass is 9.98. The van der Waals surface area contributed by atoms with E-state index in [2.05, 4.69) is 10.3 Å². The largest absolute Gasteiger partial charge is 0.486 e. The molecular weight excluding hydrogens is 352 g/mol. The van der Waals surface area contributed by atoms with Crippen LogP contribution in [0.1, 0.15) is 32.1 Å². The van der Waals surface area contributed by atoms with Crippen LogP contribution in [0.5, 0.6) is 11.5 Å². The maximum atomic E-state index is 12.1. The molecule has 0 spiro atoms. The van der Waals surface area contributed by atoms with Crippen molar-refractivity contribution < 1.29 is 19.0 Å². The average Bonchev–Trinajstić information content (AvgIpc) is 3.15. The van der Waals surface area contributed by atoms with Gasteiger partial charge in [0.1, 0.15) is 19.8 Å². The van der Waals surface area contributed by atoms with E-state index >= 15 is 0 Å². The van der Waals surface area contributed by atoms with Crippen LogP contribution in [0.25, 0.3) is 11.3 Å². The Balaban J connectivity index is 1.34. The third-order valence-electron chi connectivity index (χ3n) is 4.59. The number of hydrogen-bond acceptors (Lipinski definition) is 6. The molecule has 4 rings (SSSR count). The van der Waals surface area contributed by atoms with Crippen LogP contribution in [-0.4, -0.2) is 36.8 Å². The molecular formula is C19H22N2O4S. The zero-order chi connectivity index (χ0) is 17.8. The van der Waals surface area contributed by atoms with Gasteiger partial charge in [0.05, 0.1) is 11.8 Å². The quantitative estimate of drug-likeness (QED) is 0.860. The molecule has 6 nitrogen and oxygen atoms in total. The van der Waals surface area contributed by atoms with E-state index in [0.29, 0.717) is 18.3 Å². The summed E-state index contributed by atoms with van der Waals surface area (Å²) in [6.07, 6.45) is 5.99. The Morgan fingerprint density at radius 1 is 1.19 bits per heavy atom. The highest BCUT2D eigenvalue weighted by Gasteiger charge is 2.17. The second kappa shape index (κ2) is 8.05. The Labute approximate surface area is 156 Å². The van der Waals surface area contributed by atoms with Crippen LogP contribution in [0.3, 0.4) is 0 Å². The van der Waals surface area contributed by atoms with Crippen molar-refractivity contribution in [2.24, 2.45) is 0 Å². The first-order chi connectivity index (χ1) is 12.8. The highest BCUT2D eigenvalue weighted by molar-refractivity contribution is 7.14. The molecule has 2 aliphatic rings. The molecule has 138 valence electrons. The molecule has 1 aliphatic carbocycles. The zero-order valence-corrected chi connectivity index (χ0v) is 15.3. The SMILES string of the molecule is O=C(COC1CCCCC1)Nc1nc(-c2ccc3c(c2)OCCO3)cs1. The van der Waals surface area contributed by atoms with Crippen LogP contribution < -0.4 is 14.8 Å². The highest BCUT2D eigenvalue weighted by atomic mass is 32.1. The Morgan fingerprint density at radius 3 is 2.85 bits per heavy atom. The van der Waals surface area contributed by atoms with Crippen molar-refractivity contribution in [1.82, 2.24) is 4.98 Å². The van der Waals surface area contributed by atoms with E-state index in [4.69, 9.17) is 14.2 Å². The van der Waals surface area contributed by atoms with E-state index in [-0.39, 0.29) is 18.6 Å². The number of benzene rings is 1. The molecule has 0 radical (unpaired) electrons. The molecule has 7 heteroatoms. The second-order valence-corrected chi connectivity index (χ2v) is 7.37. The molecule has 0 atom stereocenters. The number of carbonyl (C=O) groups excluding carboxylic acids is 1. The Hall–Kier alpha value is -2.12. The molecule has 2 heterocycles. The fourth-order valence-electron chi connectivity index (χ4n) is 3.25. The third-order valence-corrected chi connectivity index (χ3v) is 5.35. The van der Waals surface area contributed by atoms with Gasteiger partial charge >= 0.3 is 0 Å². The molecule has 1 aliphatic heterocycles. The second-order valence-electron chi connectivity index (χ2n) is 6.52. The van der Waals surface area contributed by atoms with Gasteiger partial charge in [-0.2, -0.15) is 0 Å². The predicted octanol–water partition coefficient (Wildman–Crippen LogP) is 3.87. The van der Waals surface area contributed by atoms with E-state index < -0.39 is 0 Å². The molecule has 1 N–H and O–H groups in total. The van der Waals surface area contributed by atoms with Crippen LogP contribution in [0, 0.1) is 0 Å². The fourth-order valence-corrected chi connectivity index (χ4v) is 3.98. The van der Waals surface area contributed by atoms with Crippen molar-refractivity contribution in [3.8, 4) is 22.8 Å². The molecule has 1 amide bonds. The summed E-state index contributed by atoms with van der Waals surface area (Å²) in [6.45, 7) is 1.21. The minimum atomic E-state index is -0.154. The van der Waals surface area contributed by atoms with Gasteiger partial charge < -0.3 is 14.2 Å². The first-order valence-corrected chi connectivity index (χ1v) is 9.93. The van der Waals surface area contributed by atoms with Gasteiger partial charge in [-0.15, -0.1) is 11.3 Å².